The molecule has 20 heavy (non-hydrogen) atoms. The van der Waals surface area contributed by atoms with Gasteiger partial charge < -0.3 is 15.7 Å². The Morgan fingerprint density at radius 3 is 2.95 bits per heavy atom. The molecule has 0 aromatic carbocycles. The van der Waals surface area contributed by atoms with Crippen molar-refractivity contribution in [1.82, 2.24) is 9.96 Å². The van der Waals surface area contributed by atoms with Crippen LogP contribution in [0.1, 0.15) is 25.3 Å². The van der Waals surface area contributed by atoms with Crippen molar-refractivity contribution >= 4 is 28.2 Å². The lowest BCUT2D eigenvalue weighted by Crippen LogP contribution is -2.62. The normalized spacial score (nSPS) is 26.8. The largest absolute Gasteiger partial charge is 0.403 e. The summed E-state index contributed by atoms with van der Waals surface area (Å²) in [5.41, 5.74) is 5.76. The topological polar surface area (TPSA) is 96.1 Å². The molecule has 3 heterocycles. The van der Waals surface area contributed by atoms with Crippen LogP contribution in [0.4, 0.5) is 5.00 Å². The molecule has 0 bridgehead atoms. The average Bonchev–Trinajstić information content (AvgIpc) is 2.98. The third-order valence-corrected chi connectivity index (χ3v) is 4.75. The number of rotatable bonds is 2. The minimum atomic E-state index is -0.972. The molecule has 108 valence electrons. The molecule has 7 nitrogen and oxygen atoms in total. The monoisotopic (exact) mass is 297 g/mol. The molecular weight excluding hydrogens is 282 g/mol. The average molecular weight is 297 g/mol. The summed E-state index contributed by atoms with van der Waals surface area (Å²) < 4.78 is 0. The number of nitrogen functional groups attached to an aromatic ring is 1. The first-order chi connectivity index (χ1) is 9.47. The predicted octanol–water partition coefficient (Wildman–Crippen LogP) is 0.297. The SMILES string of the molecule is C[C@@]1(N2Cc3c(csc3N)O2)CCC(=O)N(CO)C1=O. The first-order valence-corrected chi connectivity index (χ1v) is 7.12. The van der Waals surface area contributed by atoms with Crippen LogP contribution in [0.5, 0.6) is 5.75 Å². The standard InChI is InChI=1S/C12H15N3O4S/c1-12(3-2-9(17)14(6-16)11(12)18)15-4-7-8(19-15)5-20-10(7)13/h5,16H,2-4,6,13H2,1H3/t12-/m1/s1. The van der Waals surface area contributed by atoms with Crippen molar-refractivity contribution < 1.29 is 19.5 Å². The lowest BCUT2D eigenvalue weighted by Gasteiger charge is -2.41. The van der Waals surface area contributed by atoms with Crippen molar-refractivity contribution in [1.29, 1.82) is 0 Å². The van der Waals surface area contributed by atoms with Crippen LogP contribution in [-0.2, 0) is 16.1 Å². The van der Waals surface area contributed by atoms with Crippen LogP contribution in [-0.4, -0.2) is 39.2 Å². The first-order valence-electron chi connectivity index (χ1n) is 6.24. The number of likely N-dealkylation sites (tertiary alicyclic amines) is 1. The second-order valence-corrected chi connectivity index (χ2v) is 6.02. The van der Waals surface area contributed by atoms with Gasteiger partial charge in [0.25, 0.3) is 5.91 Å². The quantitative estimate of drug-likeness (QED) is 0.762. The molecule has 1 atom stereocenters. The number of nitrogens with zero attached hydrogens (tertiary/aromatic N) is 2. The summed E-state index contributed by atoms with van der Waals surface area (Å²) in [4.78, 5) is 30.6. The van der Waals surface area contributed by atoms with Crippen LogP contribution < -0.4 is 10.6 Å². The highest BCUT2D eigenvalue weighted by atomic mass is 32.1. The van der Waals surface area contributed by atoms with E-state index in [1.165, 1.54) is 11.3 Å². The fourth-order valence-corrected chi connectivity index (χ4v) is 3.28. The molecule has 3 rings (SSSR count). The molecule has 3 N–H and O–H groups in total. The van der Waals surface area contributed by atoms with Crippen molar-refractivity contribution in [2.24, 2.45) is 0 Å². The summed E-state index contributed by atoms with van der Waals surface area (Å²) in [6.07, 6.45) is 0.555. The Morgan fingerprint density at radius 2 is 2.30 bits per heavy atom. The minimum absolute atomic E-state index is 0.199. The number of nitrogens with two attached hydrogens (primary N) is 1. The van der Waals surface area contributed by atoms with Crippen LogP contribution in [0.2, 0.25) is 0 Å². The van der Waals surface area contributed by atoms with E-state index in [2.05, 4.69) is 0 Å². The van der Waals surface area contributed by atoms with Gasteiger partial charge in [-0.2, -0.15) is 0 Å². The lowest BCUT2D eigenvalue weighted by molar-refractivity contribution is -0.186. The zero-order chi connectivity index (χ0) is 14.5. The van der Waals surface area contributed by atoms with E-state index in [1.54, 1.807) is 17.4 Å². The molecule has 1 saturated heterocycles. The molecule has 0 radical (unpaired) electrons. The summed E-state index contributed by atoms with van der Waals surface area (Å²) in [5.74, 6) is -0.138. The van der Waals surface area contributed by atoms with Crippen molar-refractivity contribution in [2.45, 2.75) is 31.8 Å². The van der Waals surface area contributed by atoms with Gasteiger partial charge in [0.05, 0.1) is 11.5 Å². The molecule has 2 amide bonds. The molecule has 8 heteroatoms. The second-order valence-electron chi connectivity index (χ2n) is 5.11. The Bertz CT molecular complexity index is 587. The molecule has 1 fully saturated rings. The number of carbonyl (C=O) groups excluding carboxylic acids is 2. The van der Waals surface area contributed by atoms with Gasteiger partial charge in [-0.15, -0.1) is 16.4 Å². The maximum absolute atomic E-state index is 12.4. The van der Waals surface area contributed by atoms with Gasteiger partial charge in [0.15, 0.2) is 5.75 Å². The van der Waals surface area contributed by atoms with Gasteiger partial charge in [0, 0.05) is 17.4 Å². The number of hydroxylamine groups is 2. The van der Waals surface area contributed by atoms with E-state index in [4.69, 9.17) is 10.6 Å². The Hall–Kier alpha value is -1.64. The number of thiophene rings is 1. The number of aliphatic hydroxyl groups excluding tert-OH is 1. The summed E-state index contributed by atoms with van der Waals surface area (Å²) >= 11 is 1.40. The van der Waals surface area contributed by atoms with Gasteiger partial charge in [0.2, 0.25) is 5.91 Å². The number of amides is 2. The Balaban J connectivity index is 1.87. The highest BCUT2D eigenvalue weighted by Crippen LogP contribution is 2.42. The summed E-state index contributed by atoms with van der Waals surface area (Å²) in [5, 5.41) is 13.2. The number of carbonyl (C=O) groups is 2. The summed E-state index contributed by atoms with van der Waals surface area (Å²) in [6, 6.07) is 0. The second kappa shape index (κ2) is 4.44. The summed E-state index contributed by atoms with van der Waals surface area (Å²) in [7, 11) is 0. The van der Waals surface area contributed by atoms with Crippen LogP contribution in [0.25, 0.3) is 0 Å². The predicted molar refractivity (Wildman–Crippen MR) is 71.5 cm³/mol. The van der Waals surface area contributed by atoms with Crippen LogP contribution >= 0.6 is 11.3 Å². The number of imide groups is 1. The van der Waals surface area contributed by atoms with Crippen molar-refractivity contribution in [3.63, 3.8) is 0 Å². The van der Waals surface area contributed by atoms with E-state index in [0.29, 0.717) is 23.7 Å². The van der Waals surface area contributed by atoms with E-state index < -0.39 is 18.2 Å². The van der Waals surface area contributed by atoms with Crippen molar-refractivity contribution in [3.05, 3.63) is 10.9 Å². The highest BCUT2D eigenvalue weighted by Gasteiger charge is 2.51. The number of hydrogen-bond acceptors (Lipinski definition) is 7. The molecule has 0 unspecified atom stereocenters. The maximum Gasteiger partial charge on any atom is 0.254 e. The molecule has 2 aliphatic heterocycles. The fraction of sp³-hybridized carbons (Fsp3) is 0.500. The Kier molecular flexibility index (Phi) is 2.96. The molecule has 2 aliphatic rings. The minimum Gasteiger partial charge on any atom is -0.403 e. The Labute approximate surface area is 119 Å². The molecule has 1 aromatic heterocycles. The summed E-state index contributed by atoms with van der Waals surface area (Å²) in [6.45, 7) is 1.51. The van der Waals surface area contributed by atoms with Crippen LogP contribution in [0.15, 0.2) is 5.38 Å². The van der Waals surface area contributed by atoms with Gasteiger partial charge in [0.1, 0.15) is 12.3 Å². The fourth-order valence-electron chi connectivity index (χ4n) is 2.55. The van der Waals surface area contributed by atoms with E-state index in [1.807, 2.05) is 0 Å². The van der Waals surface area contributed by atoms with Crippen molar-refractivity contribution in [3.8, 4) is 5.75 Å². The van der Waals surface area contributed by atoms with Gasteiger partial charge >= 0.3 is 0 Å². The smallest absolute Gasteiger partial charge is 0.254 e. The molecular formula is C12H15N3O4S. The third kappa shape index (κ3) is 1.72. The zero-order valence-corrected chi connectivity index (χ0v) is 11.8. The maximum atomic E-state index is 12.4. The molecule has 0 aliphatic carbocycles. The van der Waals surface area contributed by atoms with E-state index in [0.717, 1.165) is 10.5 Å². The van der Waals surface area contributed by atoms with Crippen molar-refractivity contribution in [2.75, 3.05) is 12.5 Å². The Morgan fingerprint density at radius 1 is 1.55 bits per heavy atom. The van der Waals surface area contributed by atoms with E-state index >= 15 is 0 Å². The number of hydrogen-bond donors (Lipinski definition) is 2. The number of fused-ring (bicyclic) bond motifs is 1. The van der Waals surface area contributed by atoms with Gasteiger partial charge in [-0.1, -0.05) is 0 Å². The third-order valence-electron chi connectivity index (χ3n) is 3.92. The van der Waals surface area contributed by atoms with Gasteiger partial charge in [-0.25, -0.2) is 0 Å². The molecule has 0 saturated carbocycles. The van der Waals surface area contributed by atoms with Gasteiger partial charge in [-0.3, -0.25) is 14.5 Å². The number of piperidine rings is 1. The van der Waals surface area contributed by atoms with Gasteiger partial charge in [-0.05, 0) is 13.3 Å². The van der Waals surface area contributed by atoms with Crippen LogP contribution in [0.3, 0.4) is 0 Å². The van der Waals surface area contributed by atoms with Crippen LogP contribution in [0, 0.1) is 0 Å². The molecule has 1 aromatic rings. The lowest BCUT2D eigenvalue weighted by atomic mass is 9.89. The first kappa shape index (κ1) is 13.3. The van der Waals surface area contributed by atoms with E-state index in [-0.39, 0.29) is 12.3 Å². The number of aliphatic hydroxyl groups is 1. The highest BCUT2D eigenvalue weighted by molar-refractivity contribution is 7.14. The zero-order valence-electron chi connectivity index (χ0n) is 11.0. The van der Waals surface area contributed by atoms with E-state index in [9.17, 15) is 14.7 Å². The number of anilines is 1. The molecule has 0 spiro atoms.